The van der Waals surface area contributed by atoms with E-state index in [4.69, 9.17) is 0 Å². The molecule has 0 aliphatic carbocycles. The van der Waals surface area contributed by atoms with Crippen LogP contribution in [0, 0.1) is 0 Å². The molecule has 5 aromatic rings. The maximum absolute atomic E-state index is 4.47. The molecule has 7 nitrogen and oxygen atoms in total. The van der Waals surface area contributed by atoms with Crippen molar-refractivity contribution >= 4 is 16.6 Å². The maximum Gasteiger partial charge on any atom is 0.191 e. The van der Waals surface area contributed by atoms with Gasteiger partial charge in [0.15, 0.2) is 17.2 Å². The Morgan fingerprint density at radius 1 is 0.958 bits per heavy atom. The van der Waals surface area contributed by atoms with E-state index >= 15 is 0 Å². The first-order valence-corrected chi connectivity index (χ1v) is 7.46. The van der Waals surface area contributed by atoms with E-state index in [1.807, 2.05) is 40.8 Å². The van der Waals surface area contributed by atoms with Crippen molar-refractivity contribution < 1.29 is 0 Å². The van der Waals surface area contributed by atoms with Crippen molar-refractivity contribution in [2.75, 3.05) is 0 Å². The Hall–Kier alpha value is -3.61. The number of H-pyrrole nitrogens is 1. The van der Waals surface area contributed by atoms with E-state index in [0.29, 0.717) is 11.5 Å². The SMILES string of the molecule is c1ccc(-c2cc3ncccc3c3nnc(-c4cn[nH]n4)n23)cc1. The summed E-state index contributed by atoms with van der Waals surface area (Å²) in [7, 11) is 0. The molecule has 0 fully saturated rings. The Bertz CT molecular complexity index is 1140. The van der Waals surface area contributed by atoms with Crippen LogP contribution in [0.2, 0.25) is 0 Å². The zero-order valence-electron chi connectivity index (χ0n) is 12.5. The van der Waals surface area contributed by atoms with Crippen LogP contribution < -0.4 is 0 Å². The van der Waals surface area contributed by atoms with Gasteiger partial charge in [0, 0.05) is 11.6 Å². The van der Waals surface area contributed by atoms with E-state index in [1.165, 1.54) is 0 Å². The van der Waals surface area contributed by atoms with E-state index < -0.39 is 0 Å². The zero-order chi connectivity index (χ0) is 15.9. The fraction of sp³-hybridized carbons (Fsp3) is 0. The smallest absolute Gasteiger partial charge is 0.191 e. The zero-order valence-corrected chi connectivity index (χ0v) is 12.5. The van der Waals surface area contributed by atoms with Gasteiger partial charge in [0.05, 0.1) is 17.4 Å². The van der Waals surface area contributed by atoms with Gasteiger partial charge in [-0.2, -0.15) is 15.4 Å². The Morgan fingerprint density at radius 2 is 1.88 bits per heavy atom. The summed E-state index contributed by atoms with van der Waals surface area (Å²) in [6.45, 7) is 0. The summed E-state index contributed by atoms with van der Waals surface area (Å²) in [6.07, 6.45) is 3.42. The minimum atomic E-state index is 0.642. The monoisotopic (exact) mass is 313 g/mol. The van der Waals surface area contributed by atoms with Gasteiger partial charge in [0.1, 0.15) is 0 Å². The average Bonchev–Trinajstić information content (AvgIpc) is 3.31. The van der Waals surface area contributed by atoms with E-state index in [0.717, 1.165) is 27.8 Å². The minimum absolute atomic E-state index is 0.642. The van der Waals surface area contributed by atoms with Crippen LogP contribution in [0.15, 0.2) is 60.9 Å². The van der Waals surface area contributed by atoms with Gasteiger partial charge in [-0.25, -0.2) is 0 Å². The molecule has 0 aliphatic heterocycles. The van der Waals surface area contributed by atoms with Crippen LogP contribution in [-0.2, 0) is 0 Å². The van der Waals surface area contributed by atoms with E-state index in [2.05, 4.69) is 42.7 Å². The molecule has 0 amide bonds. The van der Waals surface area contributed by atoms with Gasteiger partial charge in [-0.1, -0.05) is 30.3 Å². The van der Waals surface area contributed by atoms with Gasteiger partial charge in [-0.15, -0.1) is 10.2 Å². The highest BCUT2D eigenvalue weighted by molar-refractivity contribution is 5.95. The lowest BCUT2D eigenvalue weighted by atomic mass is 10.1. The Morgan fingerprint density at radius 3 is 2.71 bits per heavy atom. The molecule has 4 aromatic heterocycles. The highest BCUT2D eigenvalue weighted by atomic mass is 15.3. The summed E-state index contributed by atoms with van der Waals surface area (Å²) in [5, 5.41) is 20.3. The number of hydrogen-bond acceptors (Lipinski definition) is 5. The Labute approximate surface area is 136 Å². The van der Waals surface area contributed by atoms with Gasteiger partial charge in [0.2, 0.25) is 0 Å². The maximum atomic E-state index is 4.47. The van der Waals surface area contributed by atoms with Crippen LogP contribution in [-0.4, -0.2) is 35.0 Å². The second kappa shape index (κ2) is 4.95. The molecule has 0 saturated carbocycles. The van der Waals surface area contributed by atoms with Crippen LogP contribution in [0.5, 0.6) is 0 Å². The average molecular weight is 313 g/mol. The van der Waals surface area contributed by atoms with Gasteiger partial charge in [-0.05, 0) is 23.8 Å². The van der Waals surface area contributed by atoms with Crippen LogP contribution in [0.25, 0.3) is 39.3 Å². The van der Waals surface area contributed by atoms with E-state index in [9.17, 15) is 0 Å². The van der Waals surface area contributed by atoms with Crippen LogP contribution in [0.1, 0.15) is 0 Å². The van der Waals surface area contributed by atoms with Crippen LogP contribution in [0.4, 0.5) is 0 Å². The van der Waals surface area contributed by atoms with Gasteiger partial charge in [-0.3, -0.25) is 9.38 Å². The summed E-state index contributed by atoms with van der Waals surface area (Å²) in [6, 6.07) is 16.0. The summed E-state index contributed by atoms with van der Waals surface area (Å²) >= 11 is 0. The summed E-state index contributed by atoms with van der Waals surface area (Å²) in [4.78, 5) is 4.47. The van der Waals surface area contributed by atoms with E-state index in [1.54, 1.807) is 12.4 Å². The number of rotatable bonds is 2. The molecule has 0 radical (unpaired) electrons. The van der Waals surface area contributed by atoms with Crippen molar-refractivity contribution in [1.29, 1.82) is 0 Å². The molecule has 114 valence electrons. The fourth-order valence-corrected chi connectivity index (χ4v) is 2.90. The molecule has 0 saturated heterocycles. The van der Waals surface area contributed by atoms with Gasteiger partial charge < -0.3 is 0 Å². The van der Waals surface area contributed by atoms with E-state index in [-0.39, 0.29) is 0 Å². The third-order valence-corrected chi connectivity index (χ3v) is 3.97. The summed E-state index contributed by atoms with van der Waals surface area (Å²) in [5.41, 5.74) is 4.28. The molecule has 4 heterocycles. The number of fused-ring (bicyclic) bond motifs is 3. The highest BCUT2D eigenvalue weighted by Crippen LogP contribution is 2.29. The Balaban J connectivity index is 1.96. The van der Waals surface area contributed by atoms with Crippen molar-refractivity contribution in [3.63, 3.8) is 0 Å². The normalized spacial score (nSPS) is 11.3. The van der Waals surface area contributed by atoms with Crippen LogP contribution in [0.3, 0.4) is 0 Å². The first-order valence-electron chi connectivity index (χ1n) is 7.46. The van der Waals surface area contributed by atoms with Crippen LogP contribution >= 0.6 is 0 Å². The first-order chi connectivity index (χ1) is 11.9. The van der Waals surface area contributed by atoms with Crippen molar-refractivity contribution in [2.45, 2.75) is 0 Å². The molecular formula is C17H11N7. The third kappa shape index (κ3) is 1.81. The van der Waals surface area contributed by atoms with Gasteiger partial charge >= 0.3 is 0 Å². The standard InChI is InChI=1S/C17H11N7/c1-2-5-11(6-3-1)15-9-13-12(7-4-8-18-13)16-21-22-17(24(15)16)14-10-19-23-20-14/h1-10H,(H,19,20,23). The van der Waals surface area contributed by atoms with Crippen molar-refractivity contribution in [2.24, 2.45) is 0 Å². The second-order valence-corrected chi connectivity index (χ2v) is 5.37. The quantitative estimate of drug-likeness (QED) is 0.541. The summed E-state index contributed by atoms with van der Waals surface area (Å²) < 4.78 is 2.00. The second-order valence-electron chi connectivity index (χ2n) is 5.37. The lowest BCUT2D eigenvalue weighted by Crippen LogP contribution is -1.97. The molecule has 0 atom stereocenters. The number of aromatic amines is 1. The lowest BCUT2D eigenvalue weighted by molar-refractivity contribution is 0.937. The van der Waals surface area contributed by atoms with Crippen molar-refractivity contribution in [3.8, 4) is 22.8 Å². The molecule has 0 unspecified atom stereocenters. The molecule has 0 spiro atoms. The molecule has 0 aliphatic rings. The number of hydrogen-bond donors (Lipinski definition) is 1. The Kier molecular flexibility index (Phi) is 2.66. The number of aromatic nitrogens is 7. The number of nitrogens with zero attached hydrogens (tertiary/aromatic N) is 6. The molecule has 5 rings (SSSR count). The molecule has 1 aromatic carbocycles. The molecular weight excluding hydrogens is 302 g/mol. The predicted molar refractivity (Wildman–Crippen MR) is 89.1 cm³/mol. The largest absolute Gasteiger partial charge is 0.273 e. The molecule has 0 bridgehead atoms. The predicted octanol–water partition coefficient (Wildman–Crippen LogP) is 2.73. The first kappa shape index (κ1) is 12.9. The minimum Gasteiger partial charge on any atom is -0.273 e. The van der Waals surface area contributed by atoms with Gasteiger partial charge in [0.25, 0.3) is 0 Å². The number of benzene rings is 1. The molecule has 7 heteroatoms. The van der Waals surface area contributed by atoms with Crippen molar-refractivity contribution in [3.05, 3.63) is 60.9 Å². The number of pyridine rings is 2. The third-order valence-electron chi connectivity index (χ3n) is 3.97. The highest BCUT2D eigenvalue weighted by Gasteiger charge is 2.17. The molecule has 1 N–H and O–H groups in total. The van der Waals surface area contributed by atoms with Crippen molar-refractivity contribution in [1.82, 2.24) is 35.0 Å². The topological polar surface area (TPSA) is 84.6 Å². The fourth-order valence-electron chi connectivity index (χ4n) is 2.90. The number of nitrogens with one attached hydrogen (secondary N) is 1. The lowest BCUT2D eigenvalue weighted by Gasteiger charge is -2.09. The summed E-state index contributed by atoms with van der Waals surface area (Å²) in [5.74, 6) is 0.642. The molecule has 24 heavy (non-hydrogen) atoms.